The molecule has 0 fully saturated rings. The van der Waals surface area contributed by atoms with Gasteiger partial charge in [0.1, 0.15) is 0 Å². The van der Waals surface area contributed by atoms with E-state index in [1.807, 2.05) is 5.87 Å². The van der Waals surface area contributed by atoms with Crippen LogP contribution in [-0.4, -0.2) is 11.6 Å². The van der Waals surface area contributed by atoms with Crippen LogP contribution in [0, 0.1) is 6.92 Å². The number of thioether (sulfide) groups is 1. The van der Waals surface area contributed by atoms with Crippen molar-refractivity contribution in [2.75, 3.05) is 5.75 Å². The number of nitrogens with zero attached hydrogens (tertiary/aromatic N) is 1. The quantitative estimate of drug-likeness (QED) is 0.511. The van der Waals surface area contributed by atoms with Crippen LogP contribution in [0.4, 0.5) is 0 Å². The molecule has 0 aromatic heterocycles. The summed E-state index contributed by atoms with van der Waals surface area (Å²) in [7, 11) is 0. The molecule has 1 nitrogen and oxygen atoms in total. The minimum atomic E-state index is 0.763. The van der Waals surface area contributed by atoms with Crippen molar-refractivity contribution >= 4 is 17.6 Å². The third kappa shape index (κ3) is 2.95. The van der Waals surface area contributed by atoms with E-state index >= 15 is 0 Å². The van der Waals surface area contributed by atoms with E-state index in [-0.39, 0.29) is 0 Å². The van der Waals surface area contributed by atoms with Crippen molar-refractivity contribution in [3.8, 4) is 0 Å². The van der Waals surface area contributed by atoms with E-state index in [2.05, 4.69) is 31.2 Å². The summed E-state index contributed by atoms with van der Waals surface area (Å²) in [5, 5.41) is 8.27. The summed E-state index contributed by atoms with van der Waals surface area (Å²) in [5.41, 5.74) is 1.27. The van der Waals surface area contributed by atoms with Crippen molar-refractivity contribution in [3.63, 3.8) is 0 Å². The van der Waals surface area contributed by atoms with Crippen LogP contribution in [0.25, 0.3) is 0 Å². The highest BCUT2D eigenvalue weighted by Crippen LogP contribution is 2.17. The molecule has 0 saturated carbocycles. The molecule has 1 aromatic rings. The summed E-state index contributed by atoms with van der Waals surface area (Å²) >= 11 is 1.68. The highest BCUT2D eigenvalue weighted by molar-refractivity contribution is 7.99. The van der Waals surface area contributed by atoms with Crippen LogP contribution in [-0.2, 0) is 0 Å². The molecule has 0 unspecified atom stereocenters. The largest absolute Gasteiger partial charge is 0.121 e. The van der Waals surface area contributed by atoms with Gasteiger partial charge in [-0.05, 0) is 25.1 Å². The Labute approximate surface area is 77.0 Å². The smallest absolute Gasteiger partial charge is 0.0252 e. The standard InChI is InChI=1S/C10H10NS/c1-9-3-5-10(6-4-9)12-8-2-7-11/h2-6H,8H2,1H3. The zero-order chi connectivity index (χ0) is 8.81. The Hall–Kier alpha value is -0.980. The monoisotopic (exact) mass is 176 g/mol. The van der Waals surface area contributed by atoms with Crippen molar-refractivity contribution in [2.24, 2.45) is 0 Å². The predicted molar refractivity (Wildman–Crippen MR) is 53.6 cm³/mol. The number of hydrogen-bond acceptors (Lipinski definition) is 1. The van der Waals surface area contributed by atoms with Gasteiger partial charge in [0.05, 0.1) is 0 Å². The maximum atomic E-state index is 8.27. The lowest BCUT2D eigenvalue weighted by molar-refractivity contribution is 1.38. The van der Waals surface area contributed by atoms with Gasteiger partial charge >= 0.3 is 0 Å². The van der Waals surface area contributed by atoms with Crippen molar-refractivity contribution < 1.29 is 0 Å². The SMILES string of the molecule is Cc1ccc(SCC=C=[N])cc1. The first-order chi connectivity index (χ1) is 5.83. The van der Waals surface area contributed by atoms with Crippen LogP contribution in [0.3, 0.4) is 0 Å². The average Bonchev–Trinajstić information content (AvgIpc) is 2.09. The minimum Gasteiger partial charge on any atom is -0.121 e. The molecule has 0 saturated heterocycles. The van der Waals surface area contributed by atoms with Crippen molar-refractivity contribution in [1.82, 2.24) is 5.41 Å². The molecule has 0 atom stereocenters. The van der Waals surface area contributed by atoms with Gasteiger partial charge in [0.25, 0.3) is 0 Å². The van der Waals surface area contributed by atoms with Crippen LogP contribution in [0.2, 0.25) is 0 Å². The van der Waals surface area contributed by atoms with Gasteiger partial charge in [-0.1, -0.05) is 23.1 Å². The lowest BCUT2D eigenvalue weighted by Crippen LogP contribution is -1.75. The van der Waals surface area contributed by atoms with E-state index in [1.54, 1.807) is 17.8 Å². The van der Waals surface area contributed by atoms with Gasteiger partial charge in [-0.25, -0.2) is 0 Å². The van der Waals surface area contributed by atoms with Gasteiger partial charge in [0.15, 0.2) is 0 Å². The number of hydrogen-bond donors (Lipinski definition) is 0. The number of benzene rings is 1. The average molecular weight is 176 g/mol. The van der Waals surface area contributed by atoms with Gasteiger partial charge in [-0.2, -0.15) is 0 Å². The van der Waals surface area contributed by atoms with E-state index in [4.69, 9.17) is 5.41 Å². The van der Waals surface area contributed by atoms with Gasteiger partial charge in [0.2, 0.25) is 0 Å². The molecule has 0 spiro atoms. The Morgan fingerprint density at radius 3 is 2.67 bits per heavy atom. The molecular weight excluding hydrogens is 166 g/mol. The molecule has 2 heteroatoms. The predicted octanol–water partition coefficient (Wildman–Crippen LogP) is 2.11. The first-order valence-corrected chi connectivity index (χ1v) is 4.72. The normalized spacial score (nSPS) is 9.08. The first kappa shape index (κ1) is 9.11. The lowest BCUT2D eigenvalue weighted by atomic mass is 10.2. The summed E-state index contributed by atoms with van der Waals surface area (Å²) in [6.45, 7) is 2.07. The summed E-state index contributed by atoms with van der Waals surface area (Å²) in [4.78, 5) is 1.21. The van der Waals surface area contributed by atoms with Gasteiger partial charge in [0, 0.05) is 16.5 Å². The lowest BCUT2D eigenvalue weighted by Gasteiger charge is -1.97. The van der Waals surface area contributed by atoms with E-state index < -0.39 is 0 Å². The minimum absolute atomic E-state index is 0.763. The van der Waals surface area contributed by atoms with Crippen LogP contribution >= 0.6 is 11.8 Å². The van der Waals surface area contributed by atoms with Crippen molar-refractivity contribution in [3.05, 3.63) is 35.9 Å². The first-order valence-electron chi connectivity index (χ1n) is 3.73. The second kappa shape index (κ2) is 4.81. The van der Waals surface area contributed by atoms with Crippen LogP contribution in [0.5, 0.6) is 0 Å². The Balaban J connectivity index is 2.53. The fourth-order valence-corrected chi connectivity index (χ4v) is 1.49. The molecular formula is C10H10NS. The molecule has 0 N–H and O–H groups in total. The molecule has 0 bridgehead atoms. The number of aryl methyl sites for hydroxylation is 1. The topological polar surface area (TPSA) is 22.3 Å². The molecule has 1 aromatic carbocycles. The van der Waals surface area contributed by atoms with E-state index in [0.29, 0.717) is 0 Å². The molecule has 0 aliphatic rings. The Kier molecular flexibility index (Phi) is 3.65. The van der Waals surface area contributed by atoms with E-state index in [9.17, 15) is 0 Å². The van der Waals surface area contributed by atoms with Crippen LogP contribution < -0.4 is 5.41 Å². The molecule has 0 amide bonds. The van der Waals surface area contributed by atoms with Gasteiger partial charge < -0.3 is 0 Å². The molecule has 1 radical (unpaired) electrons. The second-order valence-corrected chi connectivity index (χ2v) is 3.55. The zero-order valence-corrected chi connectivity index (χ0v) is 7.77. The molecule has 0 heterocycles. The fourth-order valence-electron chi connectivity index (χ4n) is 0.810. The molecule has 0 aliphatic carbocycles. The highest BCUT2D eigenvalue weighted by Gasteiger charge is 1.89. The summed E-state index contributed by atoms with van der Waals surface area (Å²) < 4.78 is 0. The van der Waals surface area contributed by atoms with E-state index in [1.165, 1.54) is 10.5 Å². The molecule has 1 rings (SSSR count). The van der Waals surface area contributed by atoms with Gasteiger partial charge in [-0.15, -0.1) is 11.8 Å². The van der Waals surface area contributed by atoms with E-state index in [0.717, 1.165) is 5.75 Å². The van der Waals surface area contributed by atoms with Crippen LogP contribution in [0.1, 0.15) is 5.56 Å². The Morgan fingerprint density at radius 1 is 1.42 bits per heavy atom. The van der Waals surface area contributed by atoms with Crippen LogP contribution in [0.15, 0.2) is 35.2 Å². The third-order valence-corrected chi connectivity index (χ3v) is 2.38. The molecule has 0 aliphatic heterocycles. The Bertz CT molecular complexity index is 283. The molecule has 12 heavy (non-hydrogen) atoms. The summed E-state index contributed by atoms with van der Waals surface area (Å²) in [5.74, 6) is 2.77. The highest BCUT2D eigenvalue weighted by atomic mass is 32.2. The van der Waals surface area contributed by atoms with Crippen molar-refractivity contribution in [2.45, 2.75) is 11.8 Å². The molecule has 61 valence electrons. The summed E-state index contributed by atoms with van der Waals surface area (Å²) in [6.07, 6.45) is 1.60. The maximum absolute atomic E-state index is 8.27. The number of rotatable bonds is 3. The maximum Gasteiger partial charge on any atom is 0.0252 e. The Morgan fingerprint density at radius 2 is 2.08 bits per heavy atom. The third-order valence-electron chi connectivity index (χ3n) is 1.45. The zero-order valence-electron chi connectivity index (χ0n) is 6.95. The van der Waals surface area contributed by atoms with Crippen molar-refractivity contribution in [1.29, 1.82) is 0 Å². The second-order valence-electron chi connectivity index (χ2n) is 2.46. The summed E-state index contributed by atoms with van der Waals surface area (Å²) in [6, 6.07) is 8.31. The van der Waals surface area contributed by atoms with Gasteiger partial charge in [-0.3, -0.25) is 0 Å². The fraction of sp³-hybridized carbons (Fsp3) is 0.200.